The molecule has 1 aromatic carbocycles. The van der Waals surface area contributed by atoms with Crippen LogP contribution < -0.4 is 4.74 Å². The first kappa shape index (κ1) is 13.0. The van der Waals surface area contributed by atoms with Crippen LogP contribution in [0.3, 0.4) is 0 Å². The van der Waals surface area contributed by atoms with Gasteiger partial charge in [0.2, 0.25) is 0 Å². The molecule has 0 spiro atoms. The number of hydrogen-bond acceptors (Lipinski definition) is 2. The Kier molecular flexibility index (Phi) is 4.77. The van der Waals surface area contributed by atoms with E-state index in [4.69, 9.17) is 16.3 Å². The van der Waals surface area contributed by atoms with Gasteiger partial charge in [-0.1, -0.05) is 25.7 Å². The van der Waals surface area contributed by atoms with Gasteiger partial charge in [0.1, 0.15) is 11.5 Å². The Morgan fingerprint density at radius 1 is 1.44 bits per heavy atom. The van der Waals surface area contributed by atoms with Crippen LogP contribution in [0.4, 0.5) is 0 Å². The van der Waals surface area contributed by atoms with Gasteiger partial charge in [0.25, 0.3) is 5.24 Å². The van der Waals surface area contributed by atoms with Crippen LogP contribution in [0.15, 0.2) is 36.9 Å². The Morgan fingerprint density at radius 2 is 2.00 bits per heavy atom. The molecule has 1 atom stereocenters. The molecule has 0 aromatic heterocycles. The second-order valence-electron chi connectivity index (χ2n) is 3.86. The fraction of sp³-hybridized carbons (Fsp3) is 0.250. The molecular weight excluding hydrogens is 240 g/mol. The van der Waals surface area contributed by atoms with Crippen LogP contribution >= 0.6 is 11.6 Å². The third kappa shape index (κ3) is 3.50. The van der Waals surface area contributed by atoms with E-state index in [-0.39, 0.29) is 5.73 Å². The van der Waals surface area contributed by atoms with Gasteiger partial charge in [0.05, 0.1) is 8.80 Å². The molecule has 4 heteroatoms. The monoisotopic (exact) mass is 254 g/mol. The molecule has 1 unspecified atom stereocenters. The molecule has 0 N–H and O–H groups in total. The smallest absolute Gasteiger partial charge is 0.252 e. The number of rotatable bonds is 5. The van der Waals surface area contributed by atoms with Crippen molar-refractivity contribution in [1.82, 2.24) is 0 Å². The van der Waals surface area contributed by atoms with E-state index in [2.05, 4.69) is 19.7 Å². The normalized spacial score (nSPS) is 12.2. The molecule has 0 saturated carbocycles. The van der Waals surface area contributed by atoms with Gasteiger partial charge < -0.3 is 4.74 Å². The standard InChI is InChI=1S/C12H15ClO2Si/c1-4-11(16(2)3)15-10-7-5-9(6-8-10)12(13)14/h4-8,11,16H,1H2,2-3H3. The van der Waals surface area contributed by atoms with Gasteiger partial charge in [0.15, 0.2) is 0 Å². The summed E-state index contributed by atoms with van der Waals surface area (Å²) in [5.74, 6) is 0.743. The third-order valence-corrected chi connectivity index (χ3v) is 4.18. The molecule has 1 rings (SSSR count). The molecule has 0 saturated heterocycles. The van der Waals surface area contributed by atoms with Gasteiger partial charge in [-0.25, -0.2) is 0 Å². The second-order valence-corrected chi connectivity index (χ2v) is 7.35. The second kappa shape index (κ2) is 5.87. The zero-order chi connectivity index (χ0) is 12.1. The van der Waals surface area contributed by atoms with Gasteiger partial charge >= 0.3 is 0 Å². The first-order chi connectivity index (χ1) is 7.54. The minimum Gasteiger partial charge on any atom is -0.491 e. The summed E-state index contributed by atoms with van der Waals surface area (Å²) >= 11 is 5.35. The van der Waals surface area contributed by atoms with Crippen molar-refractivity contribution in [1.29, 1.82) is 0 Å². The molecule has 2 nitrogen and oxygen atoms in total. The van der Waals surface area contributed by atoms with Crippen molar-refractivity contribution in [2.24, 2.45) is 0 Å². The Balaban J connectivity index is 2.75. The summed E-state index contributed by atoms with van der Waals surface area (Å²) in [6.07, 6.45) is 1.83. The van der Waals surface area contributed by atoms with Crippen LogP contribution in [0.5, 0.6) is 5.75 Å². The summed E-state index contributed by atoms with van der Waals surface area (Å²) in [5, 5.41) is -0.454. The van der Waals surface area contributed by atoms with Crippen LogP contribution in [0.1, 0.15) is 10.4 Å². The molecule has 1 aromatic rings. The summed E-state index contributed by atoms with van der Waals surface area (Å²) in [5.41, 5.74) is 0.587. The van der Waals surface area contributed by atoms with Crippen molar-refractivity contribution in [3.05, 3.63) is 42.5 Å². The highest BCUT2D eigenvalue weighted by molar-refractivity contribution is 6.67. The van der Waals surface area contributed by atoms with E-state index in [0.717, 1.165) is 5.75 Å². The van der Waals surface area contributed by atoms with Crippen molar-refractivity contribution in [3.8, 4) is 5.75 Å². The number of halogens is 1. The highest BCUT2D eigenvalue weighted by Crippen LogP contribution is 2.16. The van der Waals surface area contributed by atoms with E-state index in [0.29, 0.717) is 5.56 Å². The number of carbonyl (C=O) groups excluding carboxylic acids is 1. The lowest BCUT2D eigenvalue weighted by atomic mass is 10.2. The fourth-order valence-corrected chi connectivity index (χ4v) is 2.38. The zero-order valence-corrected chi connectivity index (χ0v) is 11.4. The number of ether oxygens (including phenoxy) is 1. The maximum absolute atomic E-state index is 10.9. The summed E-state index contributed by atoms with van der Waals surface area (Å²) < 4.78 is 5.75. The molecular formula is C12H15ClO2Si. The highest BCUT2D eigenvalue weighted by atomic mass is 35.5. The van der Waals surface area contributed by atoms with Gasteiger partial charge in [-0.05, 0) is 35.9 Å². The van der Waals surface area contributed by atoms with Crippen molar-refractivity contribution in [3.63, 3.8) is 0 Å². The number of hydrogen-bond donors (Lipinski definition) is 0. The van der Waals surface area contributed by atoms with Crippen molar-refractivity contribution >= 4 is 25.6 Å². The van der Waals surface area contributed by atoms with E-state index in [1.54, 1.807) is 24.3 Å². The van der Waals surface area contributed by atoms with Crippen LogP contribution in [0.2, 0.25) is 13.1 Å². The van der Waals surface area contributed by atoms with Gasteiger partial charge in [-0.2, -0.15) is 0 Å². The lowest BCUT2D eigenvalue weighted by molar-refractivity contribution is 0.108. The van der Waals surface area contributed by atoms with Crippen LogP contribution in [0.25, 0.3) is 0 Å². The summed E-state index contributed by atoms with van der Waals surface area (Å²) in [6, 6.07) is 6.82. The fourth-order valence-electron chi connectivity index (χ4n) is 1.28. The number of benzene rings is 1. The lowest BCUT2D eigenvalue weighted by Crippen LogP contribution is -2.28. The Bertz CT molecular complexity index is 373. The molecule has 0 fully saturated rings. The topological polar surface area (TPSA) is 26.3 Å². The van der Waals surface area contributed by atoms with E-state index >= 15 is 0 Å². The molecule has 0 aliphatic carbocycles. The molecule has 0 amide bonds. The quantitative estimate of drug-likeness (QED) is 0.459. The lowest BCUT2D eigenvalue weighted by Gasteiger charge is -2.18. The van der Waals surface area contributed by atoms with Crippen molar-refractivity contribution < 1.29 is 9.53 Å². The van der Waals surface area contributed by atoms with Crippen molar-refractivity contribution in [2.75, 3.05) is 0 Å². The zero-order valence-electron chi connectivity index (χ0n) is 9.44. The Morgan fingerprint density at radius 3 is 2.38 bits per heavy atom. The first-order valence-corrected chi connectivity index (χ1v) is 8.49. The summed E-state index contributed by atoms with van der Waals surface area (Å²) in [6.45, 7) is 8.15. The van der Waals surface area contributed by atoms with Crippen LogP contribution in [-0.2, 0) is 0 Å². The predicted octanol–water partition coefficient (Wildman–Crippen LogP) is 3.02. The predicted molar refractivity (Wildman–Crippen MR) is 70.1 cm³/mol. The van der Waals surface area contributed by atoms with Crippen LogP contribution in [-0.4, -0.2) is 19.8 Å². The average Bonchev–Trinajstić information content (AvgIpc) is 2.26. The molecule has 86 valence electrons. The van der Waals surface area contributed by atoms with Crippen LogP contribution in [0, 0.1) is 0 Å². The van der Waals surface area contributed by atoms with Gasteiger partial charge in [-0.3, -0.25) is 4.79 Å². The third-order valence-electron chi connectivity index (χ3n) is 2.24. The molecule has 0 aliphatic heterocycles. The van der Waals surface area contributed by atoms with E-state index < -0.39 is 14.0 Å². The molecule has 16 heavy (non-hydrogen) atoms. The first-order valence-electron chi connectivity index (χ1n) is 5.13. The van der Waals surface area contributed by atoms with Gasteiger partial charge in [-0.15, -0.1) is 0 Å². The van der Waals surface area contributed by atoms with E-state index in [1.165, 1.54) is 0 Å². The molecule has 0 heterocycles. The molecule has 0 bridgehead atoms. The Labute approximate surface area is 102 Å². The highest BCUT2D eigenvalue weighted by Gasteiger charge is 2.12. The minimum absolute atomic E-state index is 0.109. The van der Waals surface area contributed by atoms with Gasteiger partial charge in [0, 0.05) is 5.56 Å². The SMILES string of the molecule is C=CC(Oc1ccc(C(=O)Cl)cc1)[SiH](C)C. The Hall–Kier alpha value is -1.06. The molecule has 0 radical (unpaired) electrons. The maximum Gasteiger partial charge on any atom is 0.252 e. The summed E-state index contributed by atoms with van der Waals surface area (Å²) in [7, 11) is -0.921. The van der Waals surface area contributed by atoms with E-state index in [1.807, 2.05) is 6.08 Å². The van der Waals surface area contributed by atoms with Crippen molar-refractivity contribution in [2.45, 2.75) is 18.8 Å². The largest absolute Gasteiger partial charge is 0.491 e. The molecule has 0 aliphatic rings. The van der Waals surface area contributed by atoms with E-state index in [9.17, 15) is 4.79 Å². The summed E-state index contributed by atoms with van der Waals surface area (Å²) in [4.78, 5) is 10.9. The maximum atomic E-state index is 10.9. The average molecular weight is 255 g/mol. The number of carbonyl (C=O) groups is 1. The minimum atomic E-state index is -0.921.